The Balaban J connectivity index is 2.17. The molecule has 18 heavy (non-hydrogen) atoms. The van der Waals surface area contributed by atoms with E-state index in [1.165, 1.54) is 19.3 Å². The molecule has 1 heterocycles. The molecule has 0 aromatic carbocycles. The van der Waals surface area contributed by atoms with Crippen LogP contribution in [0.5, 0.6) is 0 Å². The lowest BCUT2D eigenvalue weighted by Gasteiger charge is -2.29. The van der Waals surface area contributed by atoms with Crippen LogP contribution in [0.3, 0.4) is 0 Å². The van der Waals surface area contributed by atoms with Crippen LogP contribution in [0.15, 0.2) is 11.2 Å². The highest BCUT2D eigenvalue weighted by atomic mass is 35.7. The highest BCUT2D eigenvalue weighted by molar-refractivity contribution is 8.13. The SMILES string of the molecule is CCC1CCC(n2cc(S(=O)(=O)Cl)nc2C)CC1. The molecule has 1 aliphatic carbocycles. The molecule has 0 bridgehead atoms. The van der Waals surface area contributed by atoms with Crippen molar-refractivity contribution in [2.75, 3.05) is 0 Å². The third kappa shape index (κ3) is 2.88. The first-order chi connectivity index (χ1) is 8.41. The lowest BCUT2D eigenvalue weighted by molar-refractivity contribution is 0.267. The summed E-state index contributed by atoms with van der Waals surface area (Å²) in [6, 6.07) is 0.368. The zero-order valence-electron chi connectivity index (χ0n) is 10.8. The van der Waals surface area contributed by atoms with E-state index in [-0.39, 0.29) is 5.03 Å². The van der Waals surface area contributed by atoms with Gasteiger partial charge in [-0.15, -0.1) is 0 Å². The molecule has 0 radical (unpaired) electrons. The summed E-state index contributed by atoms with van der Waals surface area (Å²) in [7, 11) is 1.61. The second-order valence-corrected chi connectivity index (χ2v) is 7.57. The summed E-state index contributed by atoms with van der Waals surface area (Å²) in [4.78, 5) is 4.04. The van der Waals surface area contributed by atoms with E-state index in [4.69, 9.17) is 10.7 Å². The van der Waals surface area contributed by atoms with Crippen LogP contribution in [0.4, 0.5) is 0 Å². The predicted octanol–water partition coefficient (Wildman–Crippen LogP) is 3.26. The lowest BCUT2D eigenvalue weighted by Crippen LogP contribution is -2.18. The van der Waals surface area contributed by atoms with Gasteiger partial charge in [-0.05, 0) is 38.5 Å². The molecule has 102 valence electrons. The first kappa shape index (κ1) is 13.9. The second kappa shape index (κ2) is 5.21. The summed E-state index contributed by atoms with van der Waals surface area (Å²) in [6.07, 6.45) is 7.42. The number of aromatic nitrogens is 2. The van der Waals surface area contributed by atoms with Gasteiger partial charge in [-0.25, -0.2) is 13.4 Å². The molecular formula is C12H19ClN2O2S. The fourth-order valence-electron chi connectivity index (χ4n) is 2.78. The Hall–Kier alpha value is -0.550. The van der Waals surface area contributed by atoms with Crippen LogP contribution in [0.25, 0.3) is 0 Å². The van der Waals surface area contributed by atoms with E-state index >= 15 is 0 Å². The molecule has 2 rings (SSSR count). The molecule has 0 amide bonds. The molecule has 1 aliphatic rings. The van der Waals surface area contributed by atoms with Gasteiger partial charge in [0, 0.05) is 22.9 Å². The topological polar surface area (TPSA) is 52.0 Å². The average Bonchev–Trinajstić information content (AvgIpc) is 2.71. The van der Waals surface area contributed by atoms with Crippen molar-refractivity contribution in [3.63, 3.8) is 0 Å². The van der Waals surface area contributed by atoms with Gasteiger partial charge in [0.1, 0.15) is 5.82 Å². The third-order valence-electron chi connectivity index (χ3n) is 3.93. The maximum absolute atomic E-state index is 11.3. The number of hydrogen-bond acceptors (Lipinski definition) is 3. The zero-order valence-corrected chi connectivity index (χ0v) is 12.3. The van der Waals surface area contributed by atoms with Gasteiger partial charge in [-0.2, -0.15) is 0 Å². The molecule has 1 fully saturated rings. The van der Waals surface area contributed by atoms with Crippen molar-refractivity contribution >= 4 is 19.7 Å². The Labute approximate surface area is 113 Å². The van der Waals surface area contributed by atoms with Gasteiger partial charge in [0.05, 0.1) is 0 Å². The van der Waals surface area contributed by atoms with Gasteiger partial charge in [0.25, 0.3) is 9.05 Å². The van der Waals surface area contributed by atoms with Crippen molar-refractivity contribution in [2.24, 2.45) is 5.92 Å². The molecule has 0 spiro atoms. The molecule has 0 unspecified atom stereocenters. The summed E-state index contributed by atoms with van der Waals surface area (Å²) < 4.78 is 24.5. The predicted molar refractivity (Wildman–Crippen MR) is 71.3 cm³/mol. The van der Waals surface area contributed by atoms with E-state index in [2.05, 4.69) is 11.9 Å². The normalized spacial score (nSPS) is 25.3. The Morgan fingerprint density at radius 3 is 2.44 bits per heavy atom. The maximum atomic E-state index is 11.3. The molecule has 0 N–H and O–H groups in total. The van der Waals surface area contributed by atoms with Crippen LogP contribution < -0.4 is 0 Å². The minimum absolute atomic E-state index is 0.0284. The molecule has 4 nitrogen and oxygen atoms in total. The molecule has 0 saturated heterocycles. The minimum Gasteiger partial charge on any atom is -0.331 e. The lowest BCUT2D eigenvalue weighted by atomic mass is 9.84. The number of aryl methyl sites for hydroxylation is 1. The number of hydrogen-bond donors (Lipinski definition) is 0. The Kier molecular flexibility index (Phi) is 4.02. The quantitative estimate of drug-likeness (QED) is 0.803. The minimum atomic E-state index is -3.72. The fraction of sp³-hybridized carbons (Fsp3) is 0.750. The Bertz CT molecular complexity index is 516. The Morgan fingerprint density at radius 2 is 2.00 bits per heavy atom. The van der Waals surface area contributed by atoms with Crippen LogP contribution in [-0.2, 0) is 9.05 Å². The molecular weight excluding hydrogens is 272 g/mol. The van der Waals surface area contributed by atoms with Gasteiger partial charge >= 0.3 is 0 Å². The monoisotopic (exact) mass is 290 g/mol. The van der Waals surface area contributed by atoms with Gasteiger partial charge < -0.3 is 4.57 Å². The molecule has 6 heteroatoms. The average molecular weight is 291 g/mol. The number of imidazole rings is 1. The van der Waals surface area contributed by atoms with Crippen molar-refractivity contribution in [3.05, 3.63) is 12.0 Å². The van der Waals surface area contributed by atoms with E-state index in [1.54, 1.807) is 6.20 Å². The van der Waals surface area contributed by atoms with Crippen LogP contribution >= 0.6 is 10.7 Å². The summed E-state index contributed by atoms with van der Waals surface area (Å²) in [6.45, 7) is 4.06. The van der Waals surface area contributed by atoms with E-state index in [0.717, 1.165) is 24.6 Å². The number of halogens is 1. The zero-order chi connectivity index (χ0) is 13.3. The highest BCUT2D eigenvalue weighted by Crippen LogP contribution is 2.34. The van der Waals surface area contributed by atoms with Crippen molar-refractivity contribution < 1.29 is 8.42 Å². The van der Waals surface area contributed by atoms with Crippen molar-refractivity contribution in [2.45, 2.75) is 57.0 Å². The first-order valence-electron chi connectivity index (χ1n) is 6.42. The van der Waals surface area contributed by atoms with Gasteiger partial charge in [0.2, 0.25) is 0 Å². The molecule has 0 aliphatic heterocycles. The van der Waals surface area contributed by atoms with Crippen molar-refractivity contribution in [1.82, 2.24) is 9.55 Å². The van der Waals surface area contributed by atoms with Gasteiger partial charge in [-0.1, -0.05) is 13.3 Å². The summed E-state index contributed by atoms with van der Waals surface area (Å²) in [5.41, 5.74) is 0. The smallest absolute Gasteiger partial charge is 0.280 e. The van der Waals surface area contributed by atoms with E-state index in [0.29, 0.717) is 6.04 Å². The third-order valence-corrected chi connectivity index (χ3v) is 5.10. The molecule has 1 saturated carbocycles. The van der Waals surface area contributed by atoms with Crippen LogP contribution in [0.1, 0.15) is 50.9 Å². The maximum Gasteiger partial charge on any atom is 0.280 e. The number of nitrogens with zero attached hydrogens (tertiary/aromatic N) is 2. The first-order valence-corrected chi connectivity index (χ1v) is 8.73. The van der Waals surface area contributed by atoms with Crippen LogP contribution in [0, 0.1) is 12.8 Å². The van der Waals surface area contributed by atoms with E-state index in [1.807, 2.05) is 11.5 Å². The number of rotatable bonds is 3. The van der Waals surface area contributed by atoms with Gasteiger partial charge in [0.15, 0.2) is 5.03 Å². The van der Waals surface area contributed by atoms with Crippen molar-refractivity contribution in [1.29, 1.82) is 0 Å². The molecule has 1 aromatic heterocycles. The summed E-state index contributed by atoms with van der Waals surface area (Å²) in [5.74, 6) is 1.55. The second-order valence-electron chi connectivity index (χ2n) is 5.05. The van der Waals surface area contributed by atoms with Crippen LogP contribution in [0.2, 0.25) is 0 Å². The summed E-state index contributed by atoms with van der Waals surface area (Å²) in [5, 5.41) is -0.0284. The van der Waals surface area contributed by atoms with Gasteiger partial charge in [-0.3, -0.25) is 0 Å². The van der Waals surface area contributed by atoms with E-state index in [9.17, 15) is 8.42 Å². The van der Waals surface area contributed by atoms with Crippen LogP contribution in [-0.4, -0.2) is 18.0 Å². The standard InChI is InChI=1S/C12H19ClN2O2S/c1-3-10-4-6-11(7-5-10)15-8-12(14-9(15)2)18(13,16)17/h8,10-11H,3-7H2,1-2H3. The molecule has 0 atom stereocenters. The Morgan fingerprint density at radius 1 is 1.39 bits per heavy atom. The summed E-state index contributed by atoms with van der Waals surface area (Å²) >= 11 is 0. The fourth-order valence-corrected chi connectivity index (χ4v) is 3.48. The highest BCUT2D eigenvalue weighted by Gasteiger charge is 2.24. The molecule has 1 aromatic rings. The van der Waals surface area contributed by atoms with E-state index < -0.39 is 9.05 Å². The van der Waals surface area contributed by atoms with Crippen molar-refractivity contribution in [3.8, 4) is 0 Å². The largest absolute Gasteiger partial charge is 0.331 e.